The molecule has 0 heterocycles. The van der Waals surface area contributed by atoms with Gasteiger partial charge in [0.2, 0.25) is 10.0 Å². The summed E-state index contributed by atoms with van der Waals surface area (Å²) >= 11 is 0. The number of carbonyl (C=O) groups excluding carboxylic acids is 1. The summed E-state index contributed by atoms with van der Waals surface area (Å²) in [4.78, 5) is 12.5. The van der Waals surface area contributed by atoms with Crippen LogP contribution in [0.4, 0.5) is 5.69 Å². The Bertz CT molecular complexity index is 907. The number of benzene rings is 2. The minimum atomic E-state index is -3.45. The largest absolute Gasteiger partial charge is 0.333 e. The predicted octanol–water partition coefficient (Wildman–Crippen LogP) is 2.54. The van der Waals surface area contributed by atoms with E-state index in [0.29, 0.717) is 18.0 Å². The summed E-state index contributed by atoms with van der Waals surface area (Å²) in [7, 11) is -3.45. The Morgan fingerprint density at radius 2 is 1.72 bits per heavy atom. The molecule has 29 heavy (non-hydrogen) atoms. The molecule has 1 atom stereocenters. The zero-order chi connectivity index (χ0) is 21.4. The number of aryl methyl sites for hydroxylation is 1. The fraction of sp³-hybridized carbons (Fsp3) is 0.409. The number of hydrogen-bond acceptors (Lipinski definition) is 3. The van der Waals surface area contributed by atoms with Gasteiger partial charge >= 0.3 is 0 Å². The number of nitrogens with one attached hydrogen (secondary N) is 1. The molecule has 3 N–H and O–H groups in total. The van der Waals surface area contributed by atoms with E-state index in [9.17, 15) is 13.2 Å². The molecule has 0 aliphatic carbocycles. The second-order valence-corrected chi connectivity index (χ2v) is 8.93. The average Bonchev–Trinajstić information content (AvgIpc) is 2.73. The second kappa shape index (κ2) is 10.5. The van der Waals surface area contributed by atoms with Crippen LogP contribution >= 0.6 is 0 Å². The molecule has 2 rings (SSSR count). The van der Waals surface area contributed by atoms with Gasteiger partial charge in [0, 0.05) is 24.3 Å². The Hall–Kier alpha value is -2.22. The smallest absolute Gasteiger partial charge is 0.279 e. The Morgan fingerprint density at radius 3 is 2.31 bits per heavy atom. The molecule has 0 bridgehead atoms. The molecule has 0 aliphatic heterocycles. The van der Waals surface area contributed by atoms with Gasteiger partial charge in [0.05, 0.1) is 4.90 Å². The number of anilines is 1. The molecule has 0 spiro atoms. The Labute approximate surface area is 174 Å². The lowest BCUT2D eigenvalue weighted by Gasteiger charge is -2.19. The number of sulfonamides is 1. The third kappa shape index (κ3) is 6.13. The molecule has 0 unspecified atom stereocenters. The highest BCUT2D eigenvalue weighted by Gasteiger charge is 2.22. The van der Waals surface area contributed by atoms with Gasteiger partial charge < -0.3 is 10.6 Å². The van der Waals surface area contributed by atoms with Gasteiger partial charge in [-0.25, -0.2) is 8.42 Å². The molecule has 0 aromatic heterocycles. The minimum absolute atomic E-state index is 0.0351. The predicted molar refractivity (Wildman–Crippen MR) is 116 cm³/mol. The first-order valence-electron chi connectivity index (χ1n) is 10.1. The molecule has 158 valence electrons. The van der Waals surface area contributed by atoms with Crippen molar-refractivity contribution in [3.05, 3.63) is 59.7 Å². The maximum Gasteiger partial charge on any atom is 0.279 e. The van der Waals surface area contributed by atoms with Crippen molar-refractivity contribution < 1.29 is 18.5 Å². The fourth-order valence-electron chi connectivity index (χ4n) is 3.16. The fourth-order valence-corrected chi connectivity index (χ4v) is 4.61. The Balaban J connectivity index is 1.95. The number of carbonyl (C=O) groups is 1. The van der Waals surface area contributed by atoms with Gasteiger partial charge in [0.15, 0.2) is 6.54 Å². The summed E-state index contributed by atoms with van der Waals surface area (Å²) < 4.78 is 26.6. The molecule has 0 saturated carbocycles. The van der Waals surface area contributed by atoms with Crippen LogP contribution in [0.2, 0.25) is 0 Å². The van der Waals surface area contributed by atoms with Gasteiger partial charge in [-0.15, -0.1) is 0 Å². The van der Waals surface area contributed by atoms with E-state index < -0.39 is 10.0 Å². The normalized spacial score (nSPS) is 12.7. The summed E-state index contributed by atoms with van der Waals surface area (Å²) in [6.07, 6.45) is 0.923. The van der Waals surface area contributed by atoms with Crippen molar-refractivity contribution in [1.82, 2.24) is 4.31 Å². The van der Waals surface area contributed by atoms with Crippen LogP contribution in [0.5, 0.6) is 0 Å². The van der Waals surface area contributed by atoms with E-state index in [0.717, 1.165) is 17.7 Å². The van der Waals surface area contributed by atoms with Crippen LogP contribution < -0.4 is 10.6 Å². The molecular formula is C22H32N3O3S+. The van der Waals surface area contributed by atoms with E-state index in [-0.39, 0.29) is 18.5 Å². The van der Waals surface area contributed by atoms with Gasteiger partial charge in [-0.2, -0.15) is 4.31 Å². The maximum absolute atomic E-state index is 12.6. The van der Waals surface area contributed by atoms with E-state index in [1.807, 2.05) is 62.5 Å². The quantitative estimate of drug-likeness (QED) is 0.622. The highest BCUT2D eigenvalue weighted by molar-refractivity contribution is 7.89. The topological polar surface area (TPSA) is 83.1 Å². The molecule has 0 aliphatic rings. The third-order valence-corrected chi connectivity index (χ3v) is 7.09. The molecule has 0 fully saturated rings. The minimum Gasteiger partial charge on any atom is -0.333 e. The first-order chi connectivity index (χ1) is 13.8. The van der Waals surface area contributed by atoms with Crippen molar-refractivity contribution in [3.8, 4) is 0 Å². The van der Waals surface area contributed by atoms with Crippen molar-refractivity contribution in [3.63, 3.8) is 0 Å². The van der Waals surface area contributed by atoms with E-state index in [1.54, 1.807) is 12.1 Å². The number of nitrogens with two attached hydrogens (primary N) is 1. The highest BCUT2D eigenvalue weighted by atomic mass is 32.2. The maximum atomic E-state index is 12.6. The van der Waals surface area contributed by atoms with Gasteiger partial charge in [-0.05, 0) is 43.2 Å². The number of rotatable bonds is 10. The Morgan fingerprint density at radius 1 is 1.07 bits per heavy atom. The lowest BCUT2D eigenvalue weighted by atomic mass is 10.1. The molecule has 0 radical (unpaired) electrons. The van der Waals surface area contributed by atoms with Crippen LogP contribution in [0.25, 0.3) is 0 Å². The molecule has 0 saturated heterocycles. The summed E-state index contributed by atoms with van der Waals surface area (Å²) in [5, 5.41) is 4.86. The second-order valence-electron chi connectivity index (χ2n) is 6.99. The van der Waals surface area contributed by atoms with E-state index in [1.165, 1.54) is 9.87 Å². The standard InChI is InChI=1S/C22H31N3O3S/c1-5-18-9-8-10-20(15-18)24-22(26)16-23-17(4)19-11-13-21(14-12-19)29(27,28)25(6-2)7-3/h8-15,17,23H,5-7,16H2,1-4H3,(H,24,26)/p+1/t17-/m1/s1. The van der Waals surface area contributed by atoms with Crippen LogP contribution in [-0.4, -0.2) is 38.3 Å². The molecule has 2 aromatic carbocycles. The van der Waals surface area contributed by atoms with E-state index in [4.69, 9.17) is 0 Å². The number of hydrogen-bond donors (Lipinski definition) is 2. The van der Waals surface area contributed by atoms with Crippen LogP contribution in [0, 0.1) is 0 Å². The van der Waals surface area contributed by atoms with Crippen molar-refractivity contribution >= 4 is 21.6 Å². The van der Waals surface area contributed by atoms with Crippen molar-refractivity contribution in [2.75, 3.05) is 25.0 Å². The molecular weight excluding hydrogens is 386 g/mol. The molecule has 6 nitrogen and oxygen atoms in total. The number of nitrogens with zero attached hydrogens (tertiary/aromatic N) is 1. The lowest BCUT2D eigenvalue weighted by molar-refractivity contribution is -0.682. The lowest BCUT2D eigenvalue weighted by Crippen LogP contribution is -2.86. The molecule has 2 aromatic rings. The summed E-state index contributed by atoms with van der Waals surface area (Å²) in [6, 6.07) is 14.8. The number of amides is 1. The van der Waals surface area contributed by atoms with Gasteiger partial charge in [0.25, 0.3) is 5.91 Å². The van der Waals surface area contributed by atoms with Crippen LogP contribution in [0.1, 0.15) is 44.9 Å². The molecule has 7 heteroatoms. The summed E-state index contributed by atoms with van der Waals surface area (Å²) in [5.74, 6) is -0.0640. The van der Waals surface area contributed by atoms with E-state index >= 15 is 0 Å². The van der Waals surface area contributed by atoms with Gasteiger partial charge in [-0.1, -0.05) is 45.0 Å². The summed E-state index contributed by atoms with van der Waals surface area (Å²) in [6.45, 7) is 8.92. The monoisotopic (exact) mass is 418 g/mol. The Kier molecular flexibility index (Phi) is 8.37. The van der Waals surface area contributed by atoms with Crippen LogP contribution in [0.3, 0.4) is 0 Å². The summed E-state index contributed by atoms with van der Waals surface area (Å²) in [5.41, 5.74) is 2.96. The van der Waals surface area contributed by atoms with Gasteiger partial charge in [0.1, 0.15) is 6.04 Å². The first-order valence-corrected chi connectivity index (χ1v) is 11.6. The first kappa shape index (κ1) is 23.1. The number of quaternary nitrogens is 1. The zero-order valence-corrected chi connectivity index (χ0v) is 18.5. The SMILES string of the molecule is CCc1cccc(NC(=O)C[NH2+][C@H](C)c2ccc(S(=O)(=O)N(CC)CC)cc2)c1. The van der Waals surface area contributed by atoms with Crippen LogP contribution in [0.15, 0.2) is 53.4 Å². The van der Waals surface area contributed by atoms with Crippen LogP contribution in [-0.2, 0) is 21.2 Å². The van der Waals surface area contributed by atoms with Crippen molar-refractivity contribution in [1.29, 1.82) is 0 Å². The highest BCUT2D eigenvalue weighted by Crippen LogP contribution is 2.18. The molecule has 1 amide bonds. The third-order valence-electron chi connectivity index (χ3n) is 5.02. The van der Waals surface area contributed by atoms with Gasteiger partial charge in [-0.3, -0.25) is 4.79 Å². The van der Waals surface area contributed by atoms with Crippen molar-refractivity contribution in [2.45, 2.75) is 45.1 Å². The van der Waals surface area contributed by atoms with Crippen molar-refractivity contribution in [2.24, 2.45) is 0 Å². The average molecular weight is 419 g/mol. The zero-order valence-electron chi connectivity index (χ0n) is 17.7. The van der Waals surface area contributed by atoms with E-state index in [2.05, 4.69) is 12.2 Å².